The summed E-state index contributed by atoms with van der Waals surface area (Å²) in [6.45, 7) is 0. The molecule has 0 aliphatic carbocycles. The molecule has 0 aliphatic rings. The van der Waals surface area contributed by atoms with E-state index in [9.17, 15) is 15.0 Å². The largest absolute Gasteiger partial charge is 0.506 e. The summed E-state index contributed by atoms with van der Waals surface area (Å²) in [7, 11) is 0. The second-order valence-corrected chi connectivity index (χ2v) is 5.64. The van der Waals surface area contributed by atoms with Gasteiger partial charge in [-0.3, -0.25) is 4.79 Å². The van der Waals surface area contributed by atoms with Crippen molar-refractivity contribution in [3.05, 3.63) is 82.9 Å². The Kier molecular flexibility index (Phi) is 4.77. The van der Waals surface area contributed by atoms with Crippen LogP contribution in [-0.4, -0.2) is 16.0 Å². The lowest BCUT2D eigenvalue weighted by molar-refractivity contribution is 0.103. The number of hydrogen-bond acceptors (Lipinski definition) is 5. The molecule has 2 N–H and O–H groups in total. The van der Waals surface area contributed by atoms with E-state index in [-0.39, 0.29) is 34.2 Å². The van der Waals surface area contributed by atoms with Crippen molar-refractivity contribution in [3.8, 4) is 11.5 Å². The van der Waals surface area contributed by atoms with Crippen LogP contribution in [0.15, 0.2) is 77.0 Å². The van der Waals surface area contributed by atoms with Gasteiger partial charge in [-0.25, -0.2) is 0 Å². The van der Waals surface area contributed by atoms with Gasteiger partial charge in [0.05, 0.1) is 5.56 Å². The zero-order chi connectivity index (χ0) is 17.8. The molecule has 25 heavy (non-hydrogen) atoms. The van der Waals surface area contributed by atoms with E-state index < -0.39 is 0 Å². The van der Waals surface area contributed by atoms with Crippen molar-refractivity contribution in [2.45, 2.75) is 0 Å². The Morgan fingerprint density at radius 3 is 2.36 bits per heavy atom. The van der Waals surface area contributed by atoms with Crippen molar-refractivity contribution in [2.24, 2.45) is 10.2 Å². The molecule has 0 heterocycles. The number of phenols is 2. The fourth-order valence-corrected chi connectivity index (χ4v) is 2.41. The van der Waals surface area contributed by atoms with Crippen LogP contribution in [0.25, 0.3) is 0 Å². The van der Waals surface area contributed by atoms with Gasteiger partial charge in [0.15, 0.2) is 5.78 Å². The quantitative estimate of drug-likeness (QED) is 0.487. The molecule has 0 atom stereocenters. The molecule has 0 bridgehead atoms. The van der Waals surface area contributed by atoms with Crippen molar-refractivity contribution in [1.29, 1.82) is 0 Å². The Morgan fingerprint density at radius 2 is 1.60 bits per heavy atom. The summed E-state index contributed by atoms with van der Waals surface area (Å²) in [5.41, 5.74) is 0.830. The summed E-state index contributed by atoms with van der Waals surface area (Å²) in [6.07, 6.45) is 0. The maximum atomic E-state index is 12.7. The van der Waals surface area contributed by atoms with Crippen LogP contribution in [0.1, 0.15) is 15.9 Å². The summed E-state index contributed by atoms with van der Waals surface area (Å²) in [5.74, 6) is -0.590. The van der Waals surface area contributed by atoms with Gasteiger partial charge in [0.1, 0.15) is 22.9 Å². The third-order valence-electron chi connectivity index (χ3n) is 3.49. The number of ketones is 1. The molecule has 3 rings (SSSR count). The second-order valence-electron chi connectivity index (χ2n) is 5.20. The van der Waals surface area contributed by atoms with Gasteiger partial charge in [0, 0.05) is 10.6 Å². The topological polar surface area (TPSA) is 82.2 Å². The third kappa shape index (κ3) is 3.67. The molecule has 0 radical (unpaired) electrons. The highest BCUT2D eigenvalue weighted by atomic mass is 35.5. The van der Waals surface area contributed by atoms with Crippen molar-refractivity contribution in [1.82, 2.24) is 0 Å². The SMILES string of the molecule is O=C(c1ccccc1)c1cccc(O)c1N=Nc1cc(Cl)ccc1O. The van der Waals surface area contributed by atoms with Crippen molar-refractivity contribution < 1.29 is 15.0 Å². The molecule has 0 aliphatic heterocycles. The average molecular weight is 353 g/mol. The molecule has 0 fully saturated rings. The number of nitrogens with zero attached hydrogens (tertiary/aromatic N) is 2. The molecule has 0 spiro atoms. The minimum atomic E-state index is -0.291. The minimum Gasteiger partial charge on any atom is -0.506 e. The Hall–Kier alpha value is -3.18. The predicted octanol–water partition coefficient (Wildman–Crippen LogP) is 5.40. The van der Waals surface area contributed by atoms with E-state index in [1.807, 2.05) is 6.07 Å². The molecule has 0 unspecified atom stereocenters. The monoisotopic (exact) mass is 352 g/mol. The van der Waals surface area contributed by atoms with Crippen LogP contribution < -0.4 is 0 Å². The van der Waals surface area contributed by atoms with Gasteiger partial charge >= 0.3 is 0 Å². The van der Waals surface area contributed by atoms with Crippen LogP contribution in [0.4, 0.5) is 11.4 Å². The van der Waals surface area contributed by atoms with Gasteiger partial charge in [0.25, 0.3) is 0 Å². The maximum absolute atomic E-state index is 12.7. The van der Waals surface area contributed by atoms with E-state index >= 15 is 0 Å². The molecular weight excluding hydrogens is 340 g/mol. The molecule has 124 valence electrons. The molecule has 0 saturated carbocycles. The zero-order valence-corrected chi connectivity index (χ0v) is 13.7. The smallest absolute Gasteiger partial charge is 0.195 e. The molecule has 3 aromatic carbocycles. The predicted molar refractivity (Wildman–Crippen MR) is 95.3 cm³/mol. The number of halogens is 1. The van der Waals surface area contributed by atoms with Gasteiger partial charge in [0.2, 0.25) is 0 Å². The first-order chi connectivity index (χ1) is 12.1. The molecule has 0 amide bonds. The van der Waals surface area contributed by atoms with E-state index in [0.29, 0.717) is 10.6 Å². The summed E-state index contributed by atoms with van der Waals surface area (Å²) in [6, 6.07) is 17.5. The van der Waals surface area contributed by atoms with Crippen molar-refractivity contribution in [2.75, 3.05) is 0 Å². The zero-order valence-electron chi connectivity index (χ0n) is 12.9. The average Bonchev–Trinajstić information content (AvgIpc) is 2.63. The molecule has 6 heteroatoms. The molecular formula is C19H13ClN2O3. The van der Waals surface area contributed by atoms with Crippen molar-refractivity contribution >= 4 is 28.8 Å². The molecule has 0 saturated heterocycles. The number of rotatable bonds is 4. The number of carbonyl (C=O) groups excluding carboxylic acids is 1. The normalized spacial score (nSPS) is 10.9. The number of hydrogen-bond donors (Lipinski definition) is 2. The number of phenolic OH excluding ortho intramolecular Hbond substituents is 2. The molecule has 3 aromatic rings. The van der Waals surface area contributed by atoms with Gasteiger partial charge < -0.3 is 10.2 Å². The van der Waals surface area contributed by atoms with Gasteiger partial charge in [-0.15, -0.1) is 10.2 Å². The van der Waals surface area contributed by atoms with E-state index in [4.69, 9.17) is 11.6 Å². The highest BCUT2D eigenvalue weighted by molar-refractivity contribution is 6.30. The summed E-state index contributed by atoms with van der Waals surface area (Å²) in [4.78, 5) is 12.7. The highest BCUT2D eigenvalue weighted by Crippen LogP contribution is 2.36. The highest BCUT2D eigenvalue weighted by Gasteiger charge is 2.16. The Bertz CT molecular complexity index is 956. The maximum Gasteiger partial charge on any atom is 0.195 e. The Morgan fingerprint density at radius 1 is 0.840 bits per heavy atom. The molecule has 5 nitrogen and oxygen atoms in total. The summed E-state index contributed by atoms with van der Waals surface area (Å²) in [5, 5.41) is 28.1. The first-order valence-electron chi connectivity index (χ1n) is 7.38. The lowest BCUT2D eigenvalue weighted by atomic mass is 10.0. The Labute approximate surface area is 148 Å². The second kappa shape index (κ2) is 7.15. The number of azo groups is 1. The summed E-state index contributed by atoms with van der Waals surface area (Å²) >= 11 is 5.88. The van der Waals surface area contributed by atoms with Crippen LogP contribution in [-0.2, 0) is 0 Å². The van der Waals surface area contributed by atoms with E-state index in [2.05, 4.69) is 10.2 Å². The van der Waals surface area contributed by atoms with Crippen LogP contribution in [0, 0.1) is 0 Å². The fourth-order valence-electron chi connectivity index (χ4n) is 2.25. The fraction of sp³-hybridized carbons (Fsp3) is 0. The van der Waals surface area contributed by atoms with Crippen LogP contribution in [0.3, 0.4) is 0 Å². The van der Waals surface area contributed by atoms with Gasteiger partial charge in [-0.1, -0.05) is 48.0 Å². The van der Waals surface area contributed by atoms with Crippen LogP contribution >= 0.6 is 11.6 Å². The van der Waals surface area contributed by atoms with Crippen molar-refractivity contribution in [3.63, 3.8) is 0 Å². The Balaban J connectivity index is 2.03. The number of aromatic hydroxyl groups is 2. The number of carbonyl (C=O) groups is 1. The standard InChI is InChI=1S/C19H13ClN2O3/c20-13-9-10-16(23)15(11-13)21-22-18-14(7-4-8-17(18)24)19(25)12-5-2-1-3-6-12/h1-11,23-24H. The summed E-state index contributed by atoms with van der Waals surface area (Å²) < 4.78 is 0. The first-order valence-corrected chi connectivity index (χ1v) is 7.76. The van der Waals surface area contributed by atoms with Gasteiger partial charge in [-0.2, -0.15) is 0 Å². The first kappa shape index (κ1) is 16.7. The third-order valence-corrected chi connectivity index (χ3v) is 3.73. The molecule has 0 aromatic heterocycles. The van der Waals surface area contributed by atoms with Gasteiger partial charge in [-0.05, 0) is 30.3 Å². The van der Waals surface area contributed by atoms with E-state index in [1.165, 1.54) is 24.3 Å². The van der Waals surface area contributed by atoms with E-state index in [0.717, 1.165) is 0 Å². The lowest BCUT2D eigenvalue weighted by Gasteiger charge is -2.06. The van der Waals surface area contributed by atoms with Crippen LogP contribution in [0.5, 0.6) is 11.5 Å². The minimum absolute atomic E-state index is 0.0238. The van der Waals surface area contributed by atoms with E-state index in [1.54, 1.807) is 36.4 Å². The lowest BCUT2D eigenvalue weighted by Crippen LogP contribution is -2.01. The number of benzene rings is 3. The van der Waals surface area contributed by atoms with Crippen LogP contribution in [0.2, 0.25) is 5.02 Å².